The lowest BCUT2D eigenvalue weighted by atomic mass is 9.85. The molecule has 1 unspecified atom stereocenters. The summed E-state index contributed by atoms with van der Waals surface area (Å²) >= 11 is 0. The highest BCUT2D eigenvalue weighted by Gasteiger charge is 2.21. The molecule has 1 aliphatic carbocycles. The maximum atomic E-state index is 9.86. The largest absolute Gasteiger partial charge is 0.392 e. The SMILES string of the molecule is CC(C)NCC(O)C1CCCCC1. The molecule has 2 N–H and O–H groups in total. The van der Waals surface area contributed by atoms with Gasteiger partial charge in [-0.3, -0.25) is 0 Å². The van der Waals surface area contributed by atoms with E-state index in [1.54, 1.807) is 0 Å². The molecule has 13 heavy (non-hydrogen) atoms. The number of nitrogens with one attached hydrogen (secondary N) is 1. The third-order valence-electron chi connectivity index (χ3n) is 2.93. The van der Waals surface area contributed by atoms with Crippen molar-refractivity contribution in [2.24, 2.45) is 5.92 Å². The molecule has 0 aromatic heterocycles. The van der Waals surface area contributed by atoms with Crippen LogP contribution in [0.5, 0.6) is 0 Å². The minimum Gasteiger partial charge on any atom is -0.392 e. The predicted molar refractivity (Wildman–Crippen MR) is 55.7 cm³/mol. The van der Waals surface area contributed by atoms with Gasteiger partial charge < -0.3 is 10.4 Å². The van der Waals surface area contributed by atoms with Crippen LogP contribution < -0.4 is 5.32 Å². The number of rotatable bonds is 4. The Bertz CT molecular complexity index is 130. The Morgan fingerprint density at radius 2 is 1.85 bits per heavy atom. The zero-order chi connectivity index (χ0) is 9.68. The molecular formula is C11H23NO. The lowest BCUT2D eigenvalue weighted by Gasteiger charge is -2.27. The molecule has 0 heterocycles. The van der Waals surface area contributed by atoms with E-state index < -0.39 is 0 Å². The molecular weight excluding hydrogens is 162 g/mol. The second-order valence-electron chi connectivity index (χ2n) is 4.53. The normalized spacial score (nSPS) is 22.2. The Kier molecular flexibility index (Phi) is 4.74. The maximum absolute atomic E-state index is 9.86. The van der Waals surface area contributed by atoms with Crippen LogP contribution >= 0.6 is 0 Å². The van der Waals surface area contributed by atoms with Crippen molar-refractivity contribution in [3.63, 3.8) is 0 Å². The van der Waals surface area contributed by atoms with Gasteiger partial charge in [-0.25, -0.2) is 0 Å². The van der Waals surface area contributed by atoms with Crippen LogP contribution in [0.1, 0.15) is 46.0 Å². The second kappa shape index (κ2) is 5.61. The van der Waals surface area contributed by atoms with Crippen molar-refractivity contribution >= 4 is 0 Å². The first kappa shape index (κ1) is 11.0. The first-order valence-corrected chi connectivity index (χ1v) is 5.61. The topological polar surface area (TPSA) is 32.3 Å². The average Bonchev–Trinajstić information content (AvgIpc) is 2.15. The first-order valence-electron chi connectivity index (χ1n) is 5.61. The Morgan fingerprint density at radius 3 is 2.38 bits per heavy atom. The van der Waals surface area contributed by atoms with E-state index in [1.807, 2.05) is 0 Å². The van der Waals surface area contributed by atoms with E-state index in [-0.39, 0.29) is 6.10 Å². The highest BCUT2D eigenvalue weighted by Crippen LogP contribution is 2.26. The van der Waals surface area contributed by atoms with Crippen molar-refractivity contribution < 1.29 is 5.11 Å². The molecule has 0 aromatic rings. The third-order valence-corrected chi connectivity index (χ3v) is 2.93. The molecule has 1 fully saturated rings. The monoisotopic (exact) mass is 185 g/mol. The molecule has 2 nitrogen and oxygen atoms in total. The fraction of sp³-hybridized carbons (Fsp3) is 1.00. The summed E-state index contributed by atoms with van der Waals surface area (Å²) in [5.74, 6) is 0.556. The number of hydrogen-bond donors (Lipinski definition) is 2. The molecule has 0 spiro atoms. The zero-order valence-corrected chi connectivity index (χ0v) is 8.92. The summed E-state index contributed by atoms with van der Waals surface area (Å²) in [5.41, 5.74) is 0. The van der Waals surface area contributed by atoms with Crippen LogP contribution in [0.4, 0.5) is 0 Å². The van der Waals surface area contributed by atoms with Crippen molar-refractivity contribution in [1.82, 2.24) is 5.32 Å². The van der Waals surface area contributed by atoms with Gasteiger partial charge in [0.1, 0.15) is 0 Å². The van der Waals surface area contributed by atoms with Crippen LogP contribution in [0.2, 0.25) is 0 Å². The van der Waals surface area contributed by atoms with Crippen molar-refractivity contribution in [3.05, 3.63) is 0 Å². The minimum atomic E-state index is -0.123. The molecule has 1 atom stereocenters. The van der Waals surface area contributed by atoms with Gasteiger partial charge in [0.2, 0.25) is 0 Å². The van der Waals surface area contributed by atoms with Crippen LogP contribution in [0.25, 0.3) is 0 Å². The van der Waals surface area contributed by atoms with Gasteiger partial charge in [0.25, 0.3) is 0 Å². The Labute approximate surface area is 81.7 Å². The third kappa shape index (κ3) is 4.10. The van der Waals surface area contributed by atoms with Crippen LogP contribution in [0.3, 0.4) is 0 Å². The smallest absolute Gasteiger partial charge is 0.0692 e. The Hall–Kier alpha value is -0.0800. The van der Waals surface area contributed by atoms with Gasteiger partial charge in [-0.2, -0.15) is 0 Å². The molecule has 0 bridgehead atoms. The summed E-state index contributed by atoms with van der Waals surface area (Å²) in [6, 6.07) is 0.484. The van der Waals surface area contributed by atoms with Gasteiger partial charge in [0, 0.05) is 12.6 Å². The van der Waals surface area contributed by atoms with Crippen molar-refractivity contribution in [2.75, 3.05) is 6.54 Å². The summed E-state index contributed by atoms with van der Waals surface area (Å²) in [6.07, 6.45) is 6.30. The molecule has 1 aliphatic rings. The minimum absolute atomic E-state index is 0.123. The average molecular weight is 185 g/mol. The van der Waals surface area contributed by atoms with E-state index in [9.17, 15) is 5.11 Å². The van der Waals surface area contributed by atoms with Gasteiger partial charge in [-0.1, -0.05) is 33.1 Å². The number of aliphatic hydroxyl groups is 1. The van der Waals surface area contributed by atoms with E-state index in [0.717, 1.165) is 6.54 Å². The van der Waals surface area contributed by atoms with E-state index in [0.29, 0.717) is 12.0 Å². The van der Waals surface area contributed by atoms with Gasteiger partial charge in [-0.15, -0.1) is 0 Å². The molecule has 1 rings (SSSR count). The van der Waals surface area contributed by atoms with E-state index in [4.69, 9.17) is 0 Å². The van der Waals surface area contributed by atoms with E-state index >= 15 is 0 Å². The number of aliphatic hydroxyl groups excluding tert-OH is 1. The number of hydrogen-bond acceptors (Lipinski definition) is 2. The molecule has 1 saturated carbocycles. The molecule has 2 heteroatoms. The van der Waals surface area contributed by atoms with E-state index in [2.05, 4.69) is 19.2 Å². The summed E-state index contributed by atoms with van der Waals surface area (Å²) in [6.45, 7) is 5.00. The van der Waals surface area contributed by atoms with Crippen LogP contribution in [-0.4, -0.2) is 23.8 Å². The molecule has 0 amide bonds. The lowest BCUT2D eigenvalue weighted by Crippen LogP contribution is -2.36. The fourth-order valence-corrected chi connectivity index (χ4v) is 2.04. The summed E-state index contributed by atoms with van der Waals surface area (Å²) in [4.78, 5) is 0. The van der Waals surface area contributed by atoms with Gasteiger partial charge in [0.15, 0.2) is 0 Å². The molecule has 78 valence electrons. The van der Waals surface area contributed by atoms with Crippen LogP contribution in [-0.2, 0) is 0 Å². The Morgan fingerprint density at radius 1 is 1.23 bits per heavy atom. The summed E-state index contributed by atoms with van der Waals surface area (Å²) in [5, 5.41) is 13.2. The molecule has 0 aliphatic heterocycles. The molecule has 0 radical (unpaired) electrons. The summed E-state index contributed by atoms with van der Waals surface area (Å²) < 4.78 is 0. The lowest BCUT2D eigenvalue weighted by molar-refractivity contribution is 0.0824. The van der Waals surface area contributed by atoms with Crippen molar-refractivity contribution in [2.45, 2.75) is 58.1 Å². The predicted octanol–water partition coefficient (Wildman–Crippen LogP) is 1.93. The first-order chi connectivity index (χ1) is 6.20. The summed E-state index contributed by atoms with van der Waals surface area (Å²) in [7, 11) is 0. The van der Waals surface area contributed by atoms with E-state index in [1.165, 1.54) is 32.1 Å². The van der Waals surface area contributed by atoms with Gasteiger partial charge in [0.05, 0.1) is 6.10 Å². The van der Waals surface area contributed by atoms with Crippen LogP contribution in [0.15, 0.2) is 0 Å². The van der Waals surface area contributed by atoms with Crippen LogP contribution in [0, 0.1) is 5.92 Å². The zero-order valence-electron chi connectivity index (χ0n) is 8.92. The van der Waals surface area contributed by atoms with Crippen molar-refractivity contribution in [1.29, 1.82) is 0 Å². The highest BCUT2D eigenvalue weighted by atomic mass is 16.3. The highest BCUT2D eigenvalue weighted by molar-refractivity contribution is 4.75. The van der Waals surface area contributed by atoms with Gasteiger partial charge >= 0.3 is 0 Å². The quantitative estimate of drug-likeness (QED) is 0.701. The van der Waals surface area contributed by atoms with Gasteiger partial charge in [-0.05, 0) is 18.8 Å². The molecule has 0 saturated heterocycles. The maximum Gasteiger partial charge on any atom is 0.0692 e. The van der Waals surface area contributed by atoms with Crippen molar-refractivity contribution in [3.8, 4) is 0 Å². The Balaban J connectivity index is 2.17. The standard InChI is InChI=1S/C11H23NO/c1-9(2)12-8-11(13)10-6-4-3-5-7-10/h9-13H,3-8H2,1-2H3. The fourth-order valence-electron chi connectivity index (χ4n) is 2.04. The second-order valence-corrected chi connectivity index (χ2v) is 4.53. The molecule has 0 aromatic carbocycles.